The molecule has 2 aromatic rings. The second-order valence-corrected chi connectivity index (χ2v) is 6.45. The summed E-state index contributed by atoms with van der Waals surface area (Å²) in [6.45, 7) is -1.53. The highest BCUT2D eigenvalue weighted by molar-refractivity contribution is 5.97. The van der Waals surface area contributed by atoms with Gasteiger partial charge in [0.05, 0.1) is 0 Å². The number of alkyl halides is 3. The Morgan fingerprint density at radius 1 is 1.07 bits per heavy atom. The smallest absolute Gasteiger partial charge is 0.422 e. The molecule has 0 spiro atoms. The topological polar surface area (TPSA) is 67.9 Å². The van der Waals surface area contributed by atoms with Gasteiger partial charge in [-0.1, -0.05) is 24.3 Å². The summed E-state index contributed by atoms with van der Waals surface area (Å²) in [6, 6.07) is 14.9. The molecule has 1 aliphatic heterocycles. The Bertz CT molecular complexity index is 858. The molecule has 0 bridgehead atoms. The number of hydrogen-bond acceptors (Lipinski definition) is 4. The Balaban J connectivity index is 1.62. The third-order valence-electron chi connectivity index (χ3n) is 4.23. The standard InChI is InChI=1S/C20H19F3N2O4/c21-20(22,23)13-28-19(27)25-11-5-10-17(25)18(26)24-14-6-4-9-16(12-14)29-15-7-2-1-3-8-15/h1-4,6-9,12,17H,5,10-11,13H2,(H,24,26). The molecule has 1 atom stereocenters. The molecule has 154 valence electrons. The fourth-order valence-electron chi connectivity index (χ4n) is 2.97. The lowest BCUT2D eigenvalue weighted by molar-refractivity contribution is -0.162. The second-order valence-electron chi connectivity index (χ2n) is 6.45. The number of likely N-dealkylation sites (tertiary alicyclic amines) is 1. The molecule has 1 fully saturated rings. The third-order valence-corrected chi connectivity index (χ3v) is 4.23. The zero-order valence-corrected chi connectivity index (χ0v) is 15.3. The van der Waals surface area contributed by atoms with Crippen molar-refractivity contribution in [3.8, 4) is 11.5 Å². The van der Waals surface area contributed by atoms with E-state index < -0.39 is 30.8 Å². The van der Waals surface area contributed by atoms with Gasteiger partial charge in [-0.25, -0.2) is 4.79 Å². The molecule has 2 amide bonds. The number of hydrogen-bond donors (Lipinski definition) is 1. The summed E-state index contributed by atoms with van der Waals surface area (Å²) in [5.74, 6) is 0.635. The molecular formula is C20H19F3N2O4. The van der Waals surface area contributed by atoms with Crippen LogP contribution in [0.3, 0.4) is 0 Å². The van der Waals surface area contributed by atoms with Crippen molar-refractivity contribution in [2.24, 2.45) is 0 Å². The molecule has 9 heteroatoms. The summed E-state index contributed by atoms with van der Waals surface area (Å²) in [5.41, 5.74) is 0.443. The highest BCUT2D eigenvalue weighted by atomic mass is 19.4. The van der Waals surface area contributed by atoms with Crippen LogP contribution in [0.2, 0.25) is 0 Å². The van der Waals surface area contributed by atoms with E-state index >= 15 is 0 Å². The first kappa shape index (κ1) is 20.5. The minimum absolute atomic E-state index is 0.159. The van der Waals surface area contributed by atoms with Gasteiger partial charge in [0.15, 0.2) is 6.61 Å². The van der Waals surface area contributed by atoms with E-state index in [1.54, 1.807) is 36.4 Å². The van der Waals surface area contributed by atoms with Crippen molar-refractivity contribution in [3.63, 3.8) is 0 Å². The quantitative estimate of drug-likeness (QED) is 0.786. The van der Waals surface area contributed by atoms with E-state index in [0.717, 1.165) is 4.90 Å². The number of anilines is 1. The lowest BCUT2D eigenvalue weighted by Crippen LogP contribution is -2.44. The molecule has 0 radical (unpaired) electrons. The van der Waals surface area contributed by atoms with Crippen molar-refractivity contribution < 1.29 is 32.2 Å². The van der Waals surface area contributed by atoms with Gasteiger partial charge in [-0.15, -0.1) is 0 Å². The first-order chi connectivity index (χ1) is 13.8. The second kappa shape index (κ2) is 8.85. The zero-order valence-electron chi connectivity index (χ0n) is 15.3. The average molecular weight is 408 g/mol. The number of carbonyl (C=O) groups excluding carboxylic acids is 2. The minimum Gasteiger partial charge on any atom is -0.457 e. The van der Waals surface area contributed by atoms with Gasteiger partial charge in [-0.3, -0.25) is 9.69 Å². The first-order valence-corrected chi connectivity index (χ1v) is 8.96. The van der Waals surface area contributed by atoms with Crippen LogP contribution in [-0.4, -0.2) is 42.3 Å². The maximum Gasteiger partial charge on any atom is 0.422 e. The summed E-state index contributed by atoms with van der Waals surface area (Å²) in [5, 5.41) is 2.68. The SMILES string of the molecule is O=C(Nc1cccc(Oc2ccccc2)c1)C1CCCN1C(=O)OCC(F)(F)F. The maximum atomic E-state index is 12.6. The van der Waals surface area contributed by atoms with Crippen molar-refractivity contribution in [1.82, 2.24) is 4.90 Å². The van der Waals surface area contributed by atoms with Crippen LogP contribution in [-0.2, 0) is 9.53 Å². The Morgan fingerprint density at radius 3 is 2.52 bits per heavy atom. The number of amides is 2. The van der Waals surface area contributed by atoms with Gasteiger partial charge in [0.1, 0.15) is 17.5 Å². The zero-order chi connectivity index (χ0) is 20.9. The van der Waals surface area contributed by atoms with E-state index in [9.17, 15) is 22.8 Å². The number of para-hydroxylation sites is 1. The van der Waals surface area contributed by atoms with Gasteiger partial charge < -0.3 is 14.8 Å². The highest BCUT2D eigenvalue weighted by Gasteiger charge is 2.37. The predicted molar refractivity (Wildman–Crippen MR) is 98.7 cm³/mol. The van der Waals surface area contributed by atoms with Crippen LogP contribution >= 0.6 is 0 Å². The summed E-state index contributed by atoms with van der Waals surface area (Å²) >= 11 is 0. The van der Waals surface area contributed by atoms with Crippen LogP contribution in [0.15, 0.2) is 54.6 Å². The molecule has 0 saturated carbocycles. The van der Waals surface area contributed by atoms with E-state index in [1.807, 2.05) is 18.2 Å². The van der Waals surface area contributed by atoms with Gasteiger partial charge in [0.2, 0.25) is 5.91 Å². The van der Waals surface area contributed by atoms with E-state index in [1.165, 1.54) is 0 Å². The van der Waals surface area contributed by atoms with Gasteiger partial charge in [0, 0.05) is 18.3 Å². The Morgan fingerprint density at radius 2 is 1.79 bits per heavy atom. The van der Waals surface area contributed by atoms with Crippen LogP contribution in [0.1, 0.15) is 12.8 Å². The molecule has 0 aromatic heterocycles. The molecule has 0 aliphatic carbocycles. The Kier molecular flexibility index (Phi) is 6.26. The molecule has 6 nitrogen and oxygen atoms in total. The number of ether oxygens (including phenoxy) is 2. The number of nitrogens with zero attached hydrogens (tertiary/aromatic N) is 1. The van der Waals surface area contributed by atoms with E-state index in [0.29, 0.717) is 30.0 Å². The Labute approximate surface area is 165 Å². The number of halogens is 3. The van der Waals surface area contributed by atoms with Crippen LogP contribution in [0.4, 0.5) is 23.7 Å². The van der Waals surface area contributed by atoms with Crippen molar-refractivity contribution >= 4 is 17.7 Å². The number of nitrogens with one attached hydrogen (secondary N) is 1. The third kappa shape index (κ3) is 5.87. The minimum atomic E-state index is -4.62. The number of rotatable bonds is 5. The van der Waals surface area contributed by atoms with Gasteiger partial charge in [0.25, 0.3) is 0 Å². The van der Waals surface area contributed by atoms with Crippen LogP contribution in [0.5, 0.6) is 11.5 Å². The molecule has 2 aromatic carbocycles. The van der Waals surface area contributed by atoms with E-state index in [4.69, 9.17) is 4.74 Å². The first-order valence-electron chi connectivity index (χ1n) is 8.96. The van der Waals surface area contributed by atoms with E-state index in [2.05, 4.69) is 10.1 Å². The van der Waals surface area contributed by atoms with Gasteiger partial charge >= 0.3 is 12.3 Å². The molecular weight excluding hydrogens is 389 g/mol. The summed E-state index contributed by atoms with van der Waals surface area (Å²) in [4.78, 5) is 25.5. The fraction of sp³-hybridized carbons (Fsp3) is 0.300. The Hall–Kier alpha value is -3.23. The monoisotopic (exact) mass is 408 g/mol. The molecule has 1 saturated heterocycles. The number of carbonyl (C=O) groups is 2. The van der Waals surface area contributed by atoms with Crippen molar-refractivity contribution in [1.29, 1.82) is 0 Å². The normalized spacial score (nSPS) is 16.4. The molecule has 1 heterocycles. The highest BCUT2D eigenvalue weighted by Crippen LogP contribution is 2.26. The molecule has 1 aliphatic rings. The fourth-order valence-corrected chi connectivity index (χ4v) is 2.97. The van der Waals surface area contributed by atoms with Crippen LogP contribution in [0.25, 0.3) is 0 Å². The molecule has 1 unspecified atom stereocenters. The van der Waals surface area contributed by atoms with Gasteiger partial charge in [-0.05, 0) is 37.1 Å². The largest absolute Gasteiger partial charge is 0.457 e. The van der Waals surface area contributed by atoms with Gasteiger partial charge in [-0.2, -0.15) is 13.2 Å². The molecule has 1 N–H and O–H groups in total. The maximum absolute atomic E-state index is 12.6. The van der Waals surface area contributed by atoms with Crippen molar-refractivity contribution in [2.45, 2.75) is 25.1 Å². The van der Waals surface area contributed by atoms with Crippen LogP contribution < -0.4 is 10.1 Å². The lowest BCUT2D eigenvalue weighted by atomic mass is 10.2. The average Bonchev–Trinajstić information content (AvgIpc) is 3.17. The summed E-state index contributed by atoms with van der Waals surface area (Å²) < 4.78 is 46.7. The molecule has 29 heavy (non-hydrogen) atoms. The summed E-state index contributed by atoms with van der Waals surface area (Å²) in [7, 11) is 0. The summed E-state index contributed by atoms with van der Waals surface area (Å²) in [6.07, 6.45) is -4.93. The van der Waals surface area contributed by atoms with Crippen LogP contribution in [0, 0.1) is 0 Å². The van der Waals surface area contributed by atoms with Crippen molar-refractivity contribution in [2.75, 3.05) is 18.5 Å². The number of benzene rings is 2. The van der Waals surface area contributed by atoms with E-state index in [-0.39, 0.29) is 6.54 Å². The lowest BCUT2D eigenvalue weighted by Gasteiger charge is -2.23. The molecule has 3 rings (SSSR count). The van der Waals surface area contributed by atoms with Crippen molar-refractivity contribution in [3.05, 3.63) is 54.6 Å². The predicted octanol–water partition coefficient (Wildman–Crippen LogP) is 4.58.